The summed E-state index contributed by atoms with van der Waals surface area (Å²) in [5.74, 6) is 1.68. The molecular formula is C25H40N4O2. The molecule has 0 radical (unpaired) electrons. The first-order chi connectivity index (χ1) is 14.6. The van der Waals surface area contributed by atoms with Gasteiger partial charge in [-0.05, 0) is 61.0 Å². The number of nitrogens with zero attached hydrogens (tertiary/aromatic N) is 3. The zero-order chi connectivity index (χ0) is 22.2. The van der Waals surface area contributed by atoms with E-state index in [9.17, 15) is 9.90 Å². The Bertz CT molecular complexity index is 746. The number of hydrogen-bond acceptors (Lipinski definition) is 5. The molecule has 1 saturated carbocycles. The second-order valence-corrected chi connectivity index (χ2v) is 11.4. The van der Waals surface area contributed by atoms with E-state index in [4.69, 9.17) is 0 Å². The Morgan fingerprint density at radius 3 is 2.26 bits per heavy atom. The molecular weight excluding hydrogens is 388 g/mol. The zero-order valence-electron chi connectivity index (χ0n) is 19.7. The van der Waals surface area contributed by atoms with Crippen LogP contribution >= 0.6 is 0 Å². The third-order valence-corrected chi connectivity index (χ3v) is 7.77. The molecule has 31 heavy (non-hydrogen) atoms. The van der Waals surface area contributed by atoms with Crippen molar-refractivity contribution in [3.63, 3.8) is 0 Å². The Labute approximate surface area is 187 Å². The third kappa shape index (κ3) is 5.06. The fourth-order valence-corrected chi connectivity index (χ4v) is 6.43. The quantitative estimate of drug-likeness (QED) is 0.753. The molecule has 3 aliphatic rings. The fraction of sp³-hybridized carbons (Fsp3) is 0.760. The Morgan fingerprint density at radius 2 is 1.71 bits per heavy atom. The number of carbonyl (C=O) groups excluding carboxylic acids is 1. The highest BCUT2D eigenvalue weighted by Gasteiger charge is 2.53. The molecule has 0 atom stereocenters. The maximum atomic E-state index is 12.8. The van der Waals surface area contributed by atoms with Gasteiger partial charge in [-0.3, -0.25) is 4.79 Å². The highest BCUT2D eigenvalue weighted by Crippen LogP contribution is 2.53. The lowest BCUT2D eigenvalue weighted by Gasteiger charge is -2.57. The predicted molar refractivity (Wildman–Crippen MR) is 124 cm³/mol. The Hall–Kier alpha value is -1.66. The van der Waals surface area contributed by atoms with Crippen LogP contribution in [0.15, 0.2) is 18.3 Å². The van der Waals surface area contributed by atoms with E-state index in [-0.39, 0.29) is 28.9 Å². The Morgan fingerprint density at radius 1 is 1.06 bits per heavy atom. The van der Waals surface area contributed by atoms with E-state index in [0.717, 1.165) is 63.7 Å². The molecule has 172 valence electrons. The van der Waals surface area contributed by atoms with E-state index in [2.05, 4.69) is 47.8 Å². The number of nitrogens with one attached hydrogen (secondary N) is 1. The lowest BCUT2D eigenvalue weighted by molar-refractivity contribution is -0.0366. The number of aliphatic hydroxyl groups excluding tert-OH is 1. The molecule has 4 rings (SSSR count). The van der Waals surface area contributed by atoms with Crippen LogP contribution in [-0.2, 0) is 0 Å². The van der Waals surface area contributed by atoms with Gasteiger partial charge in [0.05, 0.1) is 11.7 Å². The van der Waals surface area contributed by atoms with Crippen LogP contribution < -0.4 is 10.2 Å². The summed E-state index contributed by atoms with van der Waals surface area (Å²) in [5, 5.41) is 12.9. The van der Waals surface area contributed by atoms with Crippen LogP contribution in [-0.4, -0.2) is 65.8 Å². The first-order valence-corrected chi connectivity index (χ1v) is 12.1. The molecule has 6 heteroatoms. The number of carbonyl (C=O) groups is 1. The highest BCUT2D eigenvalue weighted by atomic mass is 16.3. The van der Waals surface area contributed by atoms with E-state index >= 15 is 0 Å². The second kappa shape index (κ2) is 8.70. The van der Waals surface area contributed by atoms with Crippen molar-refractivity contribution >= 4 is 11.7 Å². The SMILES string of the molecule is CC1(C)CC(C)(C)C1NC(=O)c1ccc(N2CCC(CN3CCC(O)CC3)CC2)nc1. The molecule has 1 aromatic heterocycles. The maximum Gasteiger partial charge on any atom is 0.253 e. The summed E-state index contributed by atoms with van der Waals surface area (Å²) in [4.78, 5) is 22.3. The van der Waals surface area contributed by atoms with Crippen molar-refractivity contribution in [1.82, 2.24) is 15.2 Å². The molecule has 1 amide bonds. The molecule has 6 nitrogen and oxygen atoms in total. The summed E-state index contributed by atoms with van der Waals surface area (Å²) in [6, 6.07) is 4.11. The molecule has 1 aliphatic carbocycles. The lowest BCUT2D eigenvalue weighted by atomic mass is 9.52. The van der Waals surface area contributed by atoms with Gasteiger partial charge < -0.3 is 20.2 Å². The van der Waals surface area contributed by atoms with E-state index in [1.165, 1.54) is 12.8 Å². The van der Waals surface area contributed by atoms with Crippen LogP contribution in [0, 0.1) is 16.7 Å². The average Bonchev–Trinajstić information content (AvgIpc) is 2.73. The first-order valence-electron chi connectivity index (χ1n) is 12.1. The van der Waals surface area contributed by atoms with Gasteiger partial charge in [0, 0.05) is 45.0 Å². The summed E-state index contributed by atoms with van der Waals surface area (Å²) >= 11 is 0. The minimum atomic E-state index is -0.0964. The fourth-order valence-electron chi connectivity index (χ4n) is 6.43. The van der Waals surface area contributed by atoms with Crippen LogP contribution in [0.5, 0.6) is 0 Å². The molecule has 0 aromatic carbocycles. The standard InChI is InChI=1S/C25H40N4O2/c1-24(2)17-25(3,4)23(24)27-22(31)19-5-6-21(26-15-19)29-13-7-18(8-14-29)16-28-11-9-20(30)10-12-28/h5-6,15,18,20,23,30H,7-14,16-17H2,1-4H3,(H,27,31). The molecule has 2 saturated heterocycles. The average molecular weight is 429 g/mol. The van der Waals surface area contributed by atoms with Gasteiger partial charge in [-0.1, -0.05) is 27.7 Å². The van der Waals surface area contributed by atoms with Gasteiger partial charge in [0.25, 0.3) is 5.91 Å². The smallest absolute Gasteiger partial charge is 0.253 e. The molecule has 3 heterocycles. The van der Waals surface area contributed by atoms with Crippen molar-refractivity contribution in [2.45, 2.75) is 71.9 Å². The number of hydrogen-bond donors (Lipinski definition) is 2. The van der Waals surface area contributed by atoms with Crippen molar-refractivity contribution in [2.75, 3.05) is 37.6 Å². The summed E-state index contributed by atoms with van der Waals surface area (Å²) < 4.78 is 0. The van der Waals surface area contributed by atoms with Crippen molar-refractivity contribution in [3.05, 3.63) is 23.9 Å². The van der Waals surface area contributed by atoms with Crippen LogP contribution in [0.4, 0.5) is 5.82 Å². The number of amides is 1. The van der Waals surface area contributed by atoms with Gasteiger partial charge in [0.15, 0.2) is 0 Å². The topological polar surface area (TPSA) is 68.7 Å². The number of aromatic nitrogens is 1. The molecule has 3 fully saturated rings. The van der Waals surface area contributed by atoms with Crippen LogP contribution in [0.2, 0.25) is 0 Å². The van der Waals surface area contributed by atoms with Gasteiger partial charge in [-0.2, -0.15) is 0 Å². The molecule has 0 bridgehead atoms. The number of likely N-dealkylation sites (tertiary alicyclic amines) is 1. The van der Waals surface area contributed by atoms with Gasteiger partial charge in [0.1, 0.15) is 5.82 Å². The zero-order valence-corrected chi connectivity index (χ0v) is 19.7. The molecule has 2 N–H and O–H groups in total. The normalized spacial score (nSPS) is 25.3. The number of rotatable bonds is 5. The summed E-state index contributed by atoms with van der Waals surface area (Å²) in [6.07, 6.45) is 6.94. The van der Waals surface area contributed by atoms with E-state index < -0.39 is 0 Å². The van der Waals surface area contributed by atoms with Gasteiger partial charge in [-0.25, -0.2) is 4.98 Å². The second-order valence-electron chi connectivity index (χ2n) is 11.4. The maximum absolute atomic E-state index is 12.8. The highest BCUT2D eigenvalue weighted by molar-refractivity contribution is 5.94. The lowest BCUT2D eigenvalue weighted by Crippen LogP contribution is -2.63. The monoisotopic (exact) mass is 428 g/mol. The van der Waals surface area contributed by atoms with Gasteiger partial charge >= 0.3 is 0 Å². The number of aliphatic hydroxyl groups is 1. The largest absolute Gasteiger partial charge is 0.393 e. The van der Waals surface area contributed by atoms with Crippen LogP contribution in [0.3, 0.4) is 0 Å². The minimum absolute atomic E-state index is 0.0183. The summed E-state index contributed by atoms with van der Waals surface area (Å²) in [5.41, 5.74) is 0.930. The third-order valence-electron chi connectivity index (χ3n) is 7.77. The van der Waals surface area contributed by atoms with Gasteiger partial charge in [-0.15, -0.1) is 0 Å². The summed E-state index contributed by atoms with van der Waals surface area (Å²) in [7, 11) is 0. The van der Waals surface area contributed by atoms with Crippen molar-refractivity contribution in [3.8, 4) is 0 Å². The van der Waals surface area contributed by atoms with Gasteiger partial charge in [0.2, 0.25) is 0 Å². The number of pyridine rings is 1. The van der Waals surface area contributed by atoms with Crippen LogP contribution in [0.25, 0.3) is 0 Å². The number of anilines is 1. The Balaban J connectivity index is 1.26. The van der Waals surface area contributed by atoms with E-state index in [1.807, 2.05) is 12.1 Å². The van der Waals surface area contributed by atoms with Crippen molar-refractivity contribution in [1.29, 1.82) is 0 Å². The first kappa shape index (κ1) is 22.5. The predicted octanol–water partition coefficient (Wildman–Crippen LogP) is 3.31. The van der Waals surface area contributed by atoms with Crippen molar-refractivity contribution in [2.24, 2.45) is 16.7 Å². The molecule has 0 spiro atoms. The number of piperidine rings is 2. The van der Waals surface area contributed by atoms with Crippen LogP contribution in [0.1, 0.15) is 70.2 Å². The van der Waals surface area contributed by atoms with E-state index in [0.29, 0.717) is 5.56 Å². The Kier molecular flexibility index (Phi) is 6.32. The molecule has 0 unspecified atom stereocenters. The minimum Gasteiger partial charge on any atom is -0.393 e. The molecule has 2 aliphatic heterocycles. The summed E-state index contributed by atoms with van der Waals surface area (Å²) in [6.45, 7) is 14.1. The van der Waals surface area contributed by atoms with Crippen molar-refractivity contribution < 1.29 is 9.90 Å². The molecule has 1 aromatic rings. The van der Waals surface area contributed by atoms with E-state index in [1.54, 1.807) is 6.20 Å².